The second kappa shape index (κ2) is 5.88. The quantitative estimate of drug-likeness (QED) is 0.891. The van der Waals surface area contributed by atoms with Crippen LogP contribution in [0.25, 0.3) is 0 Å². The van der Waals surface area contributed by atoms with Crippen LogP contribution in [0.1, 0.15) is 44.7 Å². The molecule has 1 amide bonds. The summed E-state index contributed by atoms with van der Waals surface area (Å²) in [6, 6.07) is 14.5. The number of benzene rings is 2. The van der Waals surface area contributed by atoms with E-state index < -0.39 is 5.97 Å². The SMILES string of the molecule is Cc1ccccc1CC1(NC(=O)c2ccccc2C(=O)O)CC1. The van der Waals surface area contributed by atoms with Crippen molar-refractivity contribution in [1.82, 2.24) is 5.32 Å². The molecule has 0 saturated heterocycles. The minimum atomic E-state index is -1.08. The molecule has 3 rings (SSSR count). The molecule has 2 aromatic rings. The molecule has 1 aliphatic carbocycles. The lowest BCUT2D eigenvalue weighted by Crippen LogP contribution is -2.39. The third kappa shape index (κ3) is 3.26. The molecule has 4 heteroatoms. The minimum absolute atomic E-state index is 0.0386. The second-order valence-electron chi connectivity index (χ2n) is 6.19. The van der Waals surface area contributed by atoms with Crippen LogP contribution in [-0.4, -0.2) is 22.5 Å². The van der Waals surface area contributed by atoms with Crippen molar-refractivity contribution in [1.29, 1.82) is 0 Å². The van der Waals surface area contributed by atoms with Crippen molar-refractivity contribution in [2.24, 2.45) is 0 Å². The molecular weight excluding hydrogens is 290 g/mol. The van der Waals surface area contributed by atoms with Gasteiger partial charge in [-0.15, -0.1) is 0 Å². The molecule has 4 nitrogen and oxygen atoms in total. The maximum atomic E-state index is 12.5. The molecule has 23 heavy (non-hydrogen) atoms. The first-order chi connectivity index (χ1) is 11.0. The first-order valence-electron chi connectivity index (χ1n) is 7.70. The van der Waals surface area contributed by atoms with Gasteiger partial charge in [0, 0.05) is 5.54 Å². The first-order valence-corrected chi connectivity index (χ1v) is 7.70. The molecule has 0 spiro atoms. The Morgan fingerprint density at radius 2 is 1.65 bits per heavy atom. The van der Waals surface area contributed by atoms with Crippen molar-refractivity contribution in [3.05, 3.63) is 70.8 Å². The van der Waals surface area contributed by atoms with Crippen LogP contribution in [-0.2, 0) is 6.42 Å². The molecule has 1 aliphatic rings. The van der Waals surface area contributed by atoms with E-state index in [-0.39, 0.29) is 22.6 Å². The smallest absolute Gasteiger partial charge is 0.336 e. The third-order valence-electron chi connectivity index (χ3n) is 4.42. The van der Waals surface area contributed by atoms with Crippen molar-refractivity contribution in [2.75, 3.05) is 0 Å². The maximum absolute atomic E-state index is 12.5. The number of rotatable bonds is 5. The second-order valence-corrected chi connectivity index (χ2v) is 6.19. The molecule has 1 fully saturated rings. The van der Waals surface area contributed by atoms with E-state index in [1.54, 1.807) is 18.2 Å². The van der Waals surface area contributed by atoms with Crippen molar-refractivity contribution >= 4 is 11.9 Å². The predicted molar refractivity (Wildman–Crippen MR) is 87.7 cm³/mol. The van der Waals surface area contributed by atoms with Crippen molar-refractivity contribution in [2.45, 2.75) is 31.7 Å². The molecule has 0 unspecified atom stereocenters. The van der Waals surface area contributed by atoms with E-state index in [1.165, 1.54) is 17.2 Å². The fraction of sp³-hybridized carbons (Fsp3) is 0.263. The van der Waals surface area contributed by atoms with Gasteiger partial charge in [-0.3, -0.25) is 4.79 Å². The number of carbonyl (C=O) groups excluding carboxylic acids is 1. The lowest BCUT2D eigenvalue weighted by molar-refractivity contribution is 0.0690. The highest BCUT2D eigenvalue weighted by atomic mass is 16.4. The summed E-state index contributed by atoms with van der Waals surface area (Å²) in [5.74, 6) is -1.39. The lowest BCUT2D eigenvalue weighted by atomic mass is 9.99. The summed E-state index contributed by atoms with van der Waals surface area (Å²) in [5.41, 5.74) is 2.44. The van der Waals surface area contributed by atoms with Crippen molar-refractivity contribution in [3.63, 3.8) is 0 Å². The Balaban J connectivity index is 1.78. The van der Waals surface area contributed by atoms with E-state index in [9.17, 15) is 14.7 Å². The number of carbonyl (C=O) groups is 2. The highest BCUT2D eigenvalue weighted by Gasteiger charge is 2.44. The van der Waals surface area contributed by atoms with Gasteiger partial charge in [0.25, 0.3) is 5.91 Å². The van der Waals surface area contributed by atoms with Gasteiger partial charge >= 0.3 is 5.97 Å². The number of carboxylic acids is 1. The Labute approximate surface area is 135 Å². The van der Waals surface area contributed by atoms with Gasteiger partial charge in [0.1, 0.15) is 0 Å². The van der Waals surface area contributed by atoms with E-state index in [0.29, 0.717) is 0 Å². The zero-order valence-corrected chi connectivity index (χ0v) is 13.0. The topological polar surface area (TPSA) is 66.4 Å². The van der Waals surface area contributed by atoms with Crippen LogP contribution in [0.5, 0.6) is 0 Å². The van der Waals surface area contributed by atoms with E-state index in [0.717, 1.165) is 19.3 Å². The van der Waals surface area contributed by atoms with Gasteiger partial charge in [-0.25, -0.2) is 4.79 Å². The fourth-order valence-electron chi connectivity index (χ4n) is 2.85. The summed E-state index contributed by atoms with van der Waals surface area (Å²) in [5, 5.41) is 12.3. The van der Waals surface area contributed by atoms with E-state index in [4.69, 9.17) is 0 Å². The molecule has 118 valence electrons. The van der Waals surface area contributed by atoms with Gasteiger partial charge in [-0.2, -0.15) is 0 Å². The Morgan fingerprint density at radius 3 is 2.26 bits per heavy atom. The summed E-state index contributed by atoms with van der Waals surface area (Å²) >= 11 is 0. The Kier molecular flexibility index (Phi) is 3.90. The highest BCUT2D eigenvalue weighted by Crippen LogP contribution is 2.39. The van der Waals surface area contributed by atoms with Crippen LogP contribution >= 0.6 is 0 Å². The average Bonchev–Trinajstić information content (AvgIpc) is 3.29. The molecule has 0 heterocycles. The van der Waals surface area contributed by atoms with Crippen LogP contribution in [0, 0.1) is 6.92 Å². The van der Waals surface area contributed by atoms with Crippen molar-refractivity contribution in [3.8, 4) is 0 Å². The third-order valence-corrected chi connectivity index (χ3v) is 4.42. The molecular formula is C19H19NO3. The van der Waals surface area contributed by atoms with Gasteiger partial charge in [0.15, 0.2) is 0 Å². The first kappa shape index (κ1) is 15.3. The molecule has 0 radical (unpaired) electrons. The molecule has 2 aromatic carbocycles. The average molecular weight is 309 g/mol. The normalized spacial score (nSPS) is 15.0. The largest absolute Gasteiger partial charge is 0.478 e. The maximum Gasteiger partial charge on any atom is 0.336 e. The molecule has 1 saturated carbocycles. The van der Waals surface area contributed by atoms with Crippen LogP contribution in [0.4, 0.5) is 0 Å². The molecule has 0 bridgehead atoms. The highest BCUT2D eigenvalue weighted by molar-refractivity contribution is 6.05. The number of carboxylic acid groups (broad SMARTS) is 1. The van der Waals surface area contributed by atoms with Crippen LogP contribution in [0.15, 0.2) is 48.5 Å². The van der Waals surface area contributed by atoms with Gasteiger partial charge in [-0.1, -0.05) is 36.4 Å². The van der Waals surface area contributed by atoms with Gasteiger partial charge in [0.05, 0.1) is 11.1 Å². The summed E-state index contributed by atoms with van der Waals surface area (Å²) in [6.07, 6.45) is 2.62. The zero-order valence-electron chi connectivity index (χ0n) is 13.0. The Morgan fingerprint density at radius 1 is 1.04 bits per heavy atom. The Bertz CT molecular complexity index is 763. The van der Waals surface area contributed by atoms with Gasteiger partial charge in [0.2, 0.25) is 0 Å². The van der Waals surface area contributed by atoms with Crippen molar-refractivity contribution < 1.29 is 14.7 Å². The number of aryl methyl sites for hydroxylation is 1. The monoisotopic (exact) mass is 309 g/mol. The Hall–Kier alpha value is -2.62. The van der Waals surface area contributed by atoms with E-state index in [2.05, 4.69) is 24.4 Å². The van der Waals surface area contributed by atoms with E-state index in [1.807, 2.05) is 12.1 Å². The fourth-order valence-corrected chi connectivity index (χ4v) is 2.85. The summed E-state index contributed by atoms with van der Waals surface area (Å²) < 4.78 is 0. The zero-order chi connectivity index (χ0) is 16.4. The predicted octanol–water partition coefficient (Wildman–Crippen LogP) is 3.20. The minimum Gasteiger partial charge on any atom is -0.478 e. The number of amides is 1. The van der Waals surface area contributed by atoms with E-state index >= 15 is 0 Å². The number of hydrogen-bond donors (Lipinski definition) is 2. The van der Waals surface area contributed by atoms with Crippen LogP contribution in [0.2, 0.25) is 0 Å². The molecule has 0 aliphatic heterocycles. The molecule has 2 N–H and O–H groups in total. The standard InChI is InChI=1S/C19H19NO3/c1-13-6-2-3-7-14(13)12-19(10-11-19)20-17(21)15-8-4-5-9-16(15)18(22)23/h2-9H,10-12H2,1H3,(H,20,21)(H,22,23). The number of hydrogen-bond acceptors (Lipinski definition) is 2. The van der Waals surface area contributed by atoms with Gasteiger partial charge < -0.3 is 10.4 Å². The van der Waals surface area contributed by atoms with Crippen LogP contribution in [0.3, 0.4) is 0 Å². The number of nitrogens with one attached hydrogen (secondary N) is 1. The van der Waals surface area contributed by atoms with Gasteiger partial charge in [-0.05, 0) is 49.4 Å². The summed E-state index contributed by atoms with van der Waals surface area (Å²) in [4.78, 5) is 23.8. The summed E-state index contributed by atoms with van der Waals surface area (Å²) in [6.45, 7) is 2.06. The molecule has 0 aromatic heterocycles. The summed E-state index contributed by atoms with van der Waals surface area (Å²) in [7, 11) is 0. The number of aromatic carboxylic acids is 1. The lowest BCUT2D eigenvalue weighted by Gasteiger charge is -2.19. The molecule has 0 atom stereocenters. The van der Waals surface area contributed by atoms with Crippen LogP contribution < -0.4 is 5.32 Å².